The Morgan fingerprint density at radius 2 is 2.56 bits per heavy atom. The average Bonchev–Trinajstić information content (AvgIpc) is 2.87. The summed E-state index contributed by atoms with van der Waals surface area (Å²) < 4.78 is 0. The molecule has 2 N–H and O–H groups in total. The van der Waals surface area contributed by atoms with E-state index in [1.54, 1.807) is 11.3 Å². The van der Waals surface area contributed by atoms with Crippen LogP contribution in [0.3, 0.4) is 0 Å². The smallest absolute Gasteiger partial charge is 0.0798 e. The van der Waals surface area contributed by atoms with Crippen LogP contribution >= 0.6 is 11.3 Å². The second-order valence-corrected chi connectivity index (χ2v) is 5.61. The first kappa shape index (κ1) is 12.0. The van der Waals surface area contributed by atoms with Gasteiger partial charge in [0.2, 0.25) is 0 Å². The van der Waals surface area contributed by atoms with E-state index in [1.165, 1.54) is 36.4 Å². The molecular formula is C12H21N3S. The zero-order valence-corrected chi connectivity index (χ0v) is 10.9. The van der Waals surface area contributed by atoms with Gasteiger partial charge in [-0.3, -0.25) is 0 Å². The molecule has 3 nitrogen and oxygen atoms in total. The third-order valence-electron chi connectivity index (χ3n) is 3.26. The third kappa shape index (κ3) is 3.27. The molecule has 2 atom stereocenters. The van der Waals surface area contributed by atoms with Gasteiger partial charge in [0.15, 0.2) is 0 Å². The maximum atomic E-state index is 4.26. The minimum Gasteiger partial charge on any atom is -0.314 e. The van der Waals surface area contributed by atoms with Gasteiger partial charge in [0.05, 0.1) is 11.2 Å². The van der Waals surface area contributed by atoms with E-state index < -0.39 is 0 Å². The SMILES string of the molecule is Cc1ncsc1CNC(C)CC1CCCN1. The van der Waals surface area contributed by atoms with Crippen molar-refractivity contribution in [2.75, 3.05) is 6.54 Å². The highest BCUT2D eigenvalue weighted by Gasteiger charge is 2.16. The number of aryl methyl sites for hydroxylation is 1. The molecule has 4 heteroatoms. The first-order valence-electron chi connectivity index (χ1n) is 6.11. The van der Waals surface area contributed by atoms with Gasteiger partial charge in [-0.15, -0.1) is 11.3 Å². The number of hydrogen-bond donors (Lipinski definition) is 2. The van der Waals surface area contributed by atoms with Gasteiger partial charge in [0.1, 0.15) is 0 Å². The standard InChI is InChI=1S/C12H21N3S/c1-9(6-11-4-3-5-13-11)14-7-12-10(2)15-8-16-12/h8-9,11,13-14H,3-7H2,1-2H3. The molecule has 16 heavy (non-hydrogen) atoms. The fourth-order valence-corrected chi connectivity index (χ4v) is 2.96. The van der Waals surface area contributed by atoms with Crippen molar-refractivity contribution >= 4 is 11.3 Å². The lowest BCUT2D eigenvalue weighted by atomic mass is 10.1. The van der Waals surface area contributed by atoms with Crippen molar-refractivity contribution in [3.63, 3.8) is 0 Å². The van der Waals surface area contributed by atoms with Crippen molar-refractivity contribution in [2.24, 2.45) is 0 Å². The van der Waals surface area contributed by atoms with Crippen molar-refractivity contribution in [1.82, 2.24) is 15.6 Å². The molecular weight excluding hydrogens is 218 g/mol. The predicted octanol–water partition coefficient (Wildman–Crippen LogP) is 2.07. The van der Waals surface area contributed by atoms with E-state index in [4.69, 9.17) is 0 Å². The molecule has 1 saturated heterocycles. The van der Waals surface area contributed by atoms with Gasteiger partial charge in [-0.2, -0.15) is 0 Å². The predicted molar refractivity (Wildman–Crippen MR) is 68.8 cm³/mol. The van der Waals surface area contributed by atoms with Gasteiger partial charge in [0, 0.05) is 23.5 Å². The van der Waals surface area contributed by atoms with E-state index in [2.05, 4.69) is 29.5 Å². The van der Waals surface area contributed by atoms with Crippen LogP contribution in [0.1, 0.15) is 36.8 Å². The summed E-state index contributed by atoms with van der Waals surface area (Å²) in [5.41, 5.74) is 3.10. The van der Waals surface area contributed by atoms with Crippen molar-refractivity contribution in [3.05, 3.63) is 16.1 Å². The quantitative estimate of drug-likeness (QED) is 0.826. The van der Waals surface area contributed by atoms with Gasteiger partial charge in [-0.1, -0.05) is 0 Å². The first-order chi connectivity index (χ1) is 7.75. The molecule has 2 unspecified atom stereocenters. The maximum Gasteiger partial charge on any atom is 0.0798 e. The highest BCUT2D eigenvalue weighted by Crippen LogP contribution is 2.14. The van der Waals surface area contributed by atoms with Gasteiger partial charge < -0.3 is 10.6 Å². The minimum absolute atomic E-state index is 0.581. The molecule has 1 aromatic rings. The second kappa shape index (κ2) is 5.75. The molecule has 0 aliphatic carbocycles. The Labute approximate surface area is 102 Å². The highest BCUT2D eigenvalue weighted by molar-refractivity contribution is 7.09. The molecule has 0 amide bonds. The molecule has 0 saturated carbocycles. The summed E-state index contributed by atoms with van der Waals surface area (Å²) in [6.07, 6.45) is 3.91. The van der Waals surface area contributed by atoms with Crippen LogP contribution in [0.5, 0.6) is 0 Å². The van der Waals surface area contributed by atoms with Crippen LogP contribution in [0.25, 0.3) is 0 Å². The Hall–Kier alpha value is -0.450. The Balaban J connectivity index is 1.71. The van der Waals surface area contributed by atoms with Crippen LogP contribution in [0.4, 0.5) is 0 Å². The van der Waals surface area contributed by atoms with E-state index in [1.807, 2.05) is 5.51 Å². The molecule has 1 fully saturated rings. The Bertz CT molecular complexity index is 318. The average molecular weight is 239 g/mol. The van der Waals surface area contributed by atoms with E-state index >= 15 is 0 Å². The number of hydrogen-bond acceptors (Lipinski definition) is 4. The highest BCUT2D eigenvalue weighted by atomic mass is 32.1. The third-order valence-corrected chi connectivity index (χ3v) is 4.19. The zero-order chi connectivity index (χ0) is 11.4. The molecule has 0 spiro atoms. The van der Waals surface area contributed by atoms with E-state index in [0.717, 1.165) is 12.6 Å². The van der Waals surface area contributed by atoms with Crippen LogP contribution in [-0.2, 0) is 6.54 Å². The lowest BCUT2D eigenvalue weighted by Crippen LogP contribution is -2.33. The van der Waals surface area contributed by atoms with E-state index in [-0.39, 0.29) is 0 Å². The topological polar surface area (TPSA) is 37.0 Å². The summed E-state index contributed by atoms with van der Waals surface area (Å²) in [5, 5.41) is 7.13. The van der Waals surface area contributed by atoms with Crippen molar-refractivity contribution < 1.29 is 0 Å². The number of aromatic nitrogens is 1. The van der Waals surface area contributed by atoms with Crippen LogP contribution in [0.15, 0.2) is 5.51 Å². The summed E-state index contributed by atoms with van der Waals surface area (Å²) in [7, 11) is 0. The van der Waals surface area contributed by atoms with E-state index in [9.17, 15) is 0 Å². The summed E-state index contributed by atoms with van der Waals surface area (Å²) in [6.45, 7) is 6.52. The largest absolute Gasteiger partial charge is 0.314 e. The summed E-state index contributed by atoms with van der Waals surface area (Å²) in [5.74, 6) is 0. The van der Waals surface area contributed by atoms with Gasteiger partial charge in [-0.05, 0) is 39.7 Å². The van der Waals surface area contributed by atoms with E-state index in [0.29, 0.717) is 6.04 Å². The molecule has 90 valence electrons. The number of nitrogens with zero attached hydrogens (tertiary/aromatic N) is 1. The van der Waals surface area contributed by atoms with Crippen LogP contribution in [0.2, 0.25) is 0 Å². The van der Waals surface area contributed by atoms with Gasteiger partial charge in [0.25, 0.3) is 0 Å². The fraction of sp³-hybridized carbons (Fsp3) is 0.750. The van der Waals surface area contributed by atoms with Crippen molar-refractivity contribution in [3.8, 4) is 0 Å². The maximum absolute atomic E-state index is 4.26. The molecule has 1 aliphatic rings. The zero-order valence-electron chi connectivity index (χ0n) is 10.1. The minimum atomic E-state index is 0.581. The molecule has 1 aromatic heterocycles. The van der Waals surface area contributed by atoms with Gasteiger partial charge in [-0.25, -0.2) is 4.98 Å². The summed E-state index contributed by atoms with van der Waals surface area (Å²) in [4.78, 5) is 5.63. The summed E-state index contributed by atoms with van der Waals surface area (Å²) >= 11 is 1.75. The Morgan fingerprint density at radius 3 is 3.19 bits per heavy atom. The number of thiazole rings is 1. The number of rotatable bonds is 5. The molecule has 2 heterocycles. The van der Waals surface area contributed by atoms with Crippen LogP contribution in [0, 0.1) is 6.92 Å². The van der Waals surface area contributed by atoms with Gasteiger partial charge >= 0.3 is 0 Å². The monoisotopic (exact) mass is 239 g/mol. The summed E-state index contributed by atoms with van der Waals surface area (Å²) in [6, 6.07) is 1.31. The molecule has 0 aromatic carbocycles. The first-order valence-corrected chi connectivity index (χ1v) is 6.99. The second-order valence-electron chi connectivity index (χ2n) is 4.67. The Kier molecular flexibility index (Phi) is 4.32. The molecule has 0 bridgehead atoms. The molecule has 2 rings (SSSR count). The fourth-order valence-electron chi connectivity index (χ4n) is 2.23. The van der Waals surface area contributed by atoms with Crippen molar-refractivity contribution in [2.45, 2.75) is 51.7 Å². The Morgan fingerprint density at radius 1 is 1.69 bits per heavy atom. The lowest BCUT2D eigenvalue weighted by Gasteiger charge is -2.17. The lowest BCUT2D eigenvalue weighted by molar-refractivity contribution is 0.441. The van der Waals surface area contributed by atoms with Crippen LogP contribution in [-0.4, -0.2) is 23.6 Å². The molecule has 1 aliphatic heterocycles. The number of nitrogens with one attached hydrogen (secondary N) is 2. The normalized spacial score (nSPS) is 22.5. The van der Waals surface area contributed by atoms with Crippen LogP contribution < -0.4 is 10.6 Å². The van der Waals surface area contributed by atoms with Crippen molar-refractivity contribution in [1.29, 1.82) is 0 Å². The molecule has 0 radical (unpaired) electrons.